The molecule has 0 aliphatic carbocycles. The van der Waals surface area contributed by atoms with Gasteiger partial charge in [0.1, 0.15) is 5.82 Å². The number of aliphatic hydroxyl groups excluding tert-OH is 1. The average molecular weight is 365 g/mol. The van der Waals surface area contributed by atoms with Gasteiger partial charge in [0.2, 0.25) is 0 Å². The molecule has 3 aromatic rings. The molecule has 4 nitrogen and oxygen atoms in total. The largest absolute Gasteiger partial charge is 0.396 e. The molecule has 0 unspecified atom stereocenters. The summed E-state index contributed by atoms with van der Waals surface area (Å²) in [6, 6.07) is 17.2. The van der Waals surface area contributed by atoms with E-state index in [-0.39, 0.29) is 18.3 Å². The Morgan fingerprint density at radius 3 is 2.67 bits per heavy atom. The molecular formula is C22H24FN3O. The molecule has 0 amide bonds. The smallest absolute Gasteiger partial charge is 0.132 e. The van der Waals surface area contributed by atoms with Gasteiger partial charge in [0, 0.05) is 36.7 Å². The first-order chi connectivity index (χ1) is 13.3. The van der Waals surface area contributed by atoms with Crippen LogP contribution in [-0.2, 0) is 6.54 Å². The highest BCUT2D eigenvalue weighted by Gasteiger charge is 2.30. The van der Waals surface area contributed by atoms with Crippen molar-refractivity contribution in [2.24, 2.45) is 5.92 Å². The van der Waals surface area contributed by atoms with Gasteiger partial charge in [0.25, 0.3) is 0 Å². The first-order valence-electron chi connectivity index (χ1n) is 9.41. The Labute approximate surface area is 158 Å². The quantitative estimate of drug-likeness (QED) is 0.723. The van der Waals surface area contributed by atoms with Crippen LogP contribution in [0.3, 0.4) is 0 Å². The predicted octanol–water partition coefficient (Wildman–Crippen LogP) is 3.81. The Morgan fingerprint density at radius 2 is 1.89 bits per heavy atom. The molecule has 2 N–H and O–H groups in total. The molecule has 1 saturated heterocycles. The zero-order chi connectivity index (χ0) is 18.6. The van der Waals surface area contributed by atoms with Crippen molar-refractivity contribution in [1.82, 2.24) is 15.1 Å². The Kier molecular flexibility index (Phi) is 5.32. The SMILES string of the molecule is OC[C@H]1CN(Cc2cn[nH]c2-c2ccccc2F)CC[C@H]1c1ccccc1. The molecule has 2 aromatic carbocycles. The van der Waals surface area contributed by atoms with Crippen molar-refractivity contribution in [2.75, 3.05) is 19.7 Å². The van der Waals surface area contributed by atoms with E-state index in [2.05, 4.69) is 39.4 Å². The molecule has 0 radical (unpaired) electrons. The standard InChI is InChI=1S/C22H24FN3O/c23-21-9-5-4-8-20(21)22-17(12-24-25-22)13-26-11-10-19(18(14-26)15-27)16-6-2-1-3-7-16/h1-9,12,18-19,27H,10-11,13-15H2,(H,24,25)/t18-,19+/m1/s1. The van der Waals surface area contributed by atoms with Crippen LogP contribution in [0.1, 0.15) is 23.5 Å². The van der Waals surface area contributed by atoms with E-state index >= 15 is 0 Å². The summed E-state index contributed by atoms with van der Waals surface area (Å²) >= 11 is 0. The van der Waals surface area contributed by atoms with Crippen molar-refractivity contribution < 1.29 is 9.50 Å². The number of nitrogens with zero attached hydrogens (tertiary/aromatic N) is 2. The molecule has 1 aromatic heterocycles. The molecular weight excluding hydrogens is 341 g/mol. The second kappa shape index (κ2) is 8.03. The zero-order valence-electron chi connectivity index (χ0n) is 15.2. The number of aromatic nitrogens is 2. The van der Waals surface area contributed by atoms with E-state index in [1.54, 1.807) is 18.3 Å². The minimum absolute atomic E-state index is 0.168. The fraction of sp³-hybridized carbons (Fsp3) is 0.318. The summed E-state index contributed by atoms with van der Waals surface area (Å²) in [4.78, 5) is 2.33. The average Bonchev–Trinajstić information content (AvgIpc) is 3.16. The predicted molar refractivity (Wildman–Crippen MR) is 104 cm³/mol. The van der Waals surface area contributed by atoms with Gasteiger partial charge in [0.05, 0.1) is 11.9 Å². The number of likely N-dealkylation sites (tertiary alicyclic amines) is 1. The molecule has 5 heteroatoms. The first-order valence-corrected chi connectivity index (χ1v) is 9.41. The molecule has 27 heavy (non-hydrogen) atoms. The fourth-order valence-corrected chi connectivity index (χ4v) is 4.14. The molecule has 2 heterocycles. The summed E-state index contributed by atoms with van der Waals surface area (Å²) < 4.78 is 14.2. The Morgan fingerprint density at radius 1 is 1.11 bits per heavy atom. The Balaban J connectivity index is 1.49. The molecule has 4 rings (SSSR count). The lowest BCUT2D eigenvalue weighted by Crippen LogP contribution is -2.40. The third-order valence-corrected chi connectivity index (χ3v) is 5.54. The van der Waals surface area contributed by atoms with E-state index in [0.29, 0.717) is 18.0 Å². The molecule has 140 valence electrons. The van der Waals surface area contributed by atoms with Gasteiger partial charge in [-0.05, 0) is 36.6 Å². The zero-order valence-corrected chi connectivity index (χ0v) is 15.2. The Hall–Kier alpha value is -2.50. The number of piperidine rings is 1. The highest BCUT2D eigenvalue weighted by molar-refractivity contribution is 5.63. The number of aromatic amines is 1. The van der Waals surface area contributed by atoms with Gasteiger partial charge in [-0.1, -0.05) is 42.5 Å². The van der Waals surface area contributed by atoms with Crippen molar-refractivity contribution in [3.8, 4) is 11.3 Å². The molecule has 1 aliphatic heterocycles. The molecule has 0 bridgehead atoms. The van der Waals surface area contributed by atoms with Crippen LogP contribution in [0.5, 0.6) is 0 Å². The van der Waals surface area contributed by atoms with E-state index < -0.39 is 0 Å². The topological polar surface area (TPSA) is 52.1 Å². The lowest BCUT2D eigenvalue weighted by atomic mass is 9.81. The van der Waals surface area contributed by atoms with Gasteiger partial charge in [-0.25, -0.2) is 4.39 Å². The third-order valence-electron chi connectivity index (χ3n) is 5.54. The second-order valence-electron chi connectivity index (χ2n) is 7.23. The summed E-state index contributed by atoms with van der Waals surface area (Å²) in [5, 5.41) is 17.0. The van der Waals surface area contributed by atoms with E-state index in [0.717, 1.165) is 30.8 Å². The molecule has 1 fully saturated rings. The number of benzene rings is 2. The maximum atomic E-state index is 14.2. The minimum Gasteiger partial charge on any atom is -0.396 e. The number of hydrogen-bond donors (Lipinski definition) is 2. The fourth-order valence-electron chi connectivity index (χ4n) is 4.14. The van der Waals surface area contributed by atoms with E-state index in [1.807, 2.05) is 12.1 Å². The summed E-state index contributed by atoms with van der Waals surface area (Å²) in [6.45, 7) is 2.62. The van der Waals surface area contributed by atoms with Gasteiger partial charge >= 0.3 is 0 Å². The molecule has 2 atom stereocenters. The summed E-state index contributed by atoms with van der Waals surface area (Å²) in [5.74, 6) is 0.326. The maximum Gasteiger partial charge on any atom is 0.132 e. The van der Waals surface area contributed by atoms with Gasteiger partial charge in [0.15, 0.2) is 0 Å². The van der Waals surface area contributed by atoms with Crippen molar-refractivity contribution in [3.05, 3.63) is 77.7 Å². The number of H-pyrrole nitrogens is 1. The Bertz CT molecular complexity index is 880. The third kappa shape index (κ3) is 3.80. The van der Waals surface area contributed by atoms with E-state index in [1.165, 1.54) is 11.6 Å². The number of aliphatic hydroxyl groups is 1. The number of halogens is 1. The van der Waals surface area contributed by atoms with E-state index in [9.17, 15) is 9.50 Å². The van der Waals surface area contributed by atoms with Crippen LogP contribution in [0.15, 0.2) is 60.8 Å². The lowest BCUT2D eigenvalue weighted by Gasteiger charge is -2.38. The highest BCUT2D eigenvalue weighted by Crippen LogP contribution is 2.34. The summed E-state index contributed by atoms with van der Waals surface area (Å²) in [7, 11) is 0. The van der Waals surface area contributed by atoms with Crippen molar-refractivity contribution in [3.63, 3.8) is 0 Å². The van der Waals surface area contributed by atoms with E-state index in [4.69, 9.17) is 0 Å². The van der Waals surface area contributed by atoms with Crippen LogP contribution < -0.4 is 0 Å². The maximum absolute atomic E-state index is 14.2. The van der Waals surface area contributed by atoms with Crippen LogP contribution in [0, 0.1) is 11.7 Å². The number of nitrogens with one attached hydrogen (secondary N) is 1. The van der Waals surface area contributed by atoms with Crippen LogP contribution >= 0.6 is 0 Å². The molecule has 1 aliphatic rings. The minimum atomic E-state index is -0.251. The number of hydrogen-bond acceptors (Lipinski definition) is 3. The lowest BCUT2D eigenvalue weighted by molar-refractivity contribution is 0.0973. The summed E-state index contributed by atoms with van der Waals surface area (Å²) in [6.07, 6.45) is 2.78. The normalized spacial score (nSPS) is 20.7. The van der Waals surface area contributed by atoms with Gasteiger partial charge in [-0.2, -0.15) is 5.10 Å². The van der Waals surface area contributed by atoms with Crippen molar-refractivity contribution in [2.45, 2.75) is 18.9 Å². The summed E-state index contributed by atoms with van der Waals surface area (Å²) in [5.41, 5.74) is 3.56. The highest BCUT2D eigenvalue weighted by atomic mass is 19.1. The van der Waals surface area contributed by atoms with Crippen LogP contribution in [0.2, 0.25) is 0 Å². The number of rotatable bonds is 5. The first kappa shape index (κ1) is 17.9. The molecule has 0 spiro atoms. The van der Waals surface area contributed by atoms with Crippen LogP contribution in [0.25, 0.3) is 11.3 Å². The van der Waals surface area contributed by atoms with Gasteiger partial charge < -0.3 is 5.11 Å². The van der Waals surface area contributed by atoms with Crippen molar-refractivity contribution >= 4 is 0 Å². The van der Waals surface area contributed by atoms with Crippen LogP contribution in [-0.4, -0.2) is 39.9 Å². The van der Waals surface area contributed by atoms with Crippen molar-refractivity contribution in [1.29, 1.82) is 0 Å². The second-order valence-corrected chi connectivity index (χ2v) is 7.23. The van der Waals surface area contributed by atoms with Gasteiger partial charge in [-0.15, -0.1) is 0 Å². The van der Waals surface area contributed by atoms with Gasteiger partial charge in [-0.3, -0.25) is 10.00 Å². The monoisotopic (exact) mass is 365 g/mol. The molecule has 0 saturated carbocycles. The van der Waals surface area contributed by atoms with Crippen LogP contribution in [0.4, 0.5) is 4.39 Å².